The molecule has 106 valence electrons. The molecule has 0 aliphatic carbocycles. The molecular weight excluding hydrogens is 265 g/mol. The highest BCUT2D eigenvalue weighted by atomic mass is 19.1. The first kappa shape index (κ1) is 13.6. The van der Waals surface area contributed by atoms with Gasteiger partial charge in [-0.1, -0.05) is 30.3 Å². The Bertz CT molecular complexity index is 705. The number of nitriles is 1. The number of rotatable bonds is 2. The maximum Gasteiger partial charge on any atom is 0.143 e. The SMILES string of the molecule is N#Cc1c(F)cccc1N1CCc2ccccc2C1CN. The van der Waals surface area contributed by atoms with Crippen LogP contribution in [0.25, 0.3) is 0 Å². The number of fused-ring (bicyclic) bond motifs is 1. The van der Waals surface area contributed by atoms with Gasteiger partial charge in [0.1, 0.15) is 17.4 Å². The van der Waals surface area contributed by atoms with Gasteiger partial charge in [-0.15, -0.1) is 0 Å². The predicted molar refractivity (Wildman–Crippen MR) is 80.4 cm³/mol. The summed E-state index contributed by atoms with van der Waals surface area (Å²) in [7, 11) is 0. The van der Waals surface area contributed by atoms with Crippen molar-refractivity contribution >= 4 is 5.69 Å². The minimum Gasteiger partial charge on any atom is -0.362 e. The van der Waals surface area contributed by atoms with E-state index in [9.17, 15) is 9.65 Å². The fraction of sp³-hybridized carbons (Fsp3) is 0.235. The van der Waals surface area contributed by atoms with Gasteiger partial charge in [0.25, 0.3) is 0 Å². The van der Waals surface area contributed by atoms with E-state index >= 15 is 0 Å². The Morgan fingerprint density at radius 3 is 2.81 bits per heavy atom. The van der Waals surface area contributed by atoms with Crippen molar-refractivity contribution in [3.05, 3.63) is 65.0 Å². The van der Waals surface area contributed by atoms with E-state index in [2.05, 4.69) is 12.1 Å². The third-order valence-corrected chi connectivity index (χ3v) is 4.05. The van der Waals surface area contributed by atoms with Crippen LogP contribution in [-0.2, 0) is 6.42 Å². The Labute approximate surface area is 123 Å². The average molecular weight is 281 g/mol. The average Bonchev–Trinajstić information content (AvgIpc) is 2.53. The van der Waals surface area contributed by atoms with Crippen molar-refractivity contribution in [3.8, 4) is 6.07 Å². The van der Waals surface area contributed by atoms with Gasteiger partial charge in [0, 0.05) is 13.1 Å². The summed E-state index contributed by atoms with van der Waals surface area (Å²) >= 11 is 0. The molecule has 1 atom stereocenters. The summed E-state index contributed by atoms with van der Waals surface area (Å²) in [5.74, 6) is -0.482. The third kappa shape index (κ3) is 2.26. The van der Waals surface area contributed by atoms with E-state index in [0.29, 0.717) is 12.2 Å². The topological polar surface area (TPSA) is 53.0 Å². The van der Waals surface area contributed by atoms with E-state index in [1.54, 1.807) is 12.1 Å². The van der Waals surface area contributed by atoms with Gasteiger partial charge >= 0.3 is 0 Å². The van der Waals surface area contributed by atoms with Crippen LogP contribution in [0.15, 0.2) is 42.5 Å². The molecule has 2 aromatic rings. The van der Waals surface area contributed by atoms with Crippen molar-refractivity contribution in [2.75, 3.05) is 18.0 Å². The third-order valence-electron chi connectivity index (χ3n) is 4.05. The first-order chi connectivity index (χ1) is 10.3. The van der Waals surface area contributed by atoms with Crippen LogP contribution in [0.5, 0.6) is 0 Å². The lowest BCUT2D eigenvalue weighted by molar-refractivity contribution is 0.582. The van der Waals surface area contributed by atoms with Crippen molar-refractivity contribution in [1.29, 1.82) is 5.26 Å². The second-order valence-corrected chi connectivity index (χ2v) is 5.14. The Balaban J connectivity index is 2.09. The van der Waals surface area contributed by atoms with E-state index in [1.807, 2.05) is 23.1 Å². The molecule has 1 heterocycles. The second kappa shape index (κ2) is 5.55. The number of hydrogen-bond acceptors (Lipinski definition) is 3. The molecule has 4 heteroatoms. The summed E-state index contributed by atoms with van der Waals surface area (Å²) in [6.45, 7) is 1.16. The summed E-state index contributed by atoms with van der Waals surface area (Å²) in [6, 6.07) is 14.9. The van der Waals surface area contributed by atoms with E-state index in [4.69, 9.17) is 5.73 Å². The molecule has 0 spiro atoms. The molecule has 1 unspecified atom stereocenters. The van der Waals surface area contributed by atoms with Crippen LogP contribution in [0, 0.1) is 17.1 Å². The zero-order chi connectivity index (χ0) is 14.8. The maximum absolute atomic E-state index is 13.9. The minimum atomic E-state index is -0.482. The summed E-state index contributed by atoms with van der Waals surface area (Å²) in [5.41, 5.74) is 9.12. The van der Waals surface area contributed by atoms with Crippen molar-refractivity contribution in [3.63, 3.8) is 0 Å². The fourth-order valence-electron chi connectivity index (χ4n) is 3.06. The highest BCUT2D eigenvalue weighted by Crippen LogP contribution is 2.35. The molecule has 3 nitrogen and oxygen atoms in total. The highest BCUT2D eigenvalue weighted by Gasteiger charge is 2.28. The first-order valence-electron chi connectivity index (χ1n) is 6.99. The molecule has 0 saturated heterocycles. The highest BCUT2D eigenvalue weighted by molar-refractivity contribution is 5.62. The summed E-state index contributed by atoms with van der Waals surface area (Å²) in [4.78, 5) is 2.05. The minimum absolute atomic E-state index is 0.0242. The Hall–Kier alpha value is -2.38. The molecule has 2 aromatic carbocycles. The largest absolute Gasteiger partial charge is 0.362 e. The molecule has 3 rings (SSSR count). The molecule has 0 saturated carbocycles. The lowest BCUT2D eigenvalue weighted by atomic mass is 9.91. The van der Waals surface area contributed by atoms with Gasteiger partial charge in [-0.3, -0.25) is 0 Å². The number of nitrogens with two attached hydrogens (primary N) is 1. The number of hydrogen-bond donors (Lipinski definition) is 1. The van der Waals surface area contributed by atoms with E-state index in [1.165, 1.54) is 17.2 Å². The van der Waals surface area contributed by atoms with Crippen molar-refractivity contribution in [1.82, 2.24) is 0 Å². The molecule has 2 N–H and O–H groups in total. The Kier molecular flexibility index (Phi) is 3.59. The first-order valence-corrected chi connectivity index (χ1v) is 6.99. The lowest BCUT2D eigenvalue weighted by Gasteiger charge is -2.38. The number of benzene rings is 2. The Morgan fingerprint density at radius 1 is 1.24 bits per heavy atom. The lowest BCUT2D eigenvalue weighted by Crippen LogP contribution is -2.39. The predicted octanol–water partition coefficient (Wildman–Crippen LogP) is 2.76. The van der Waals surface area contributed by atoms with Crippen LogP contribution >= 0.6 is 0 Å². The van der Waals surface area contributed by atoms with Gasteiger partial charge in [0.2, 0.25) is 0 Å². The van der Waals surface area contributed by atoms with Gasteiger partial charge in [-0.2, -0.15) is 5.26 Å². The Morgan fingerprint density at radius 2 is 2.05 bits per heavy atom. The molecule has 0 fully saturated rings. The normalized spacial score (nSPS) is 17.2. The van der Waals surface area contributed by atoms with Crippen LogP contribution in [0.2, 0.25) is 0 Å². The number of anilines is 1. The molecular formula is C17H16FN3. The number of halogens is 1. The molecule has 0 bridgehead atoms. The second-order valence-electron chi connectivity index (χ2n) is 5.14. The molecule has 1 aliphatic heterocycles. The van der Waals surface area contributed by atoms with E-state index in [0.717, 1.165) is 13.0 Å². The zero-order valence-electron chi connectivity index (χ0n) is 11.6. The molecule has 21 heavy (non-hydrogen) atoms. The van der Waals surface area contributed by atoms with Crippen LogP contribution < -0.4 is 10.6 Å². The smallest absolute Gasteiger partial charge is 0.143 e. The summed E-state index contributed by atoms with van der Waals surface area (Å²) < 4.78 is 13.9. The summed E-state index contributed by atoms with van der Waals surface area (Å²) in [5, 5.41) is 9.24. The van der Waals surface area contributed by atoms with Crippen molar-refractivity contribution < 1.29 is 4.39 Å². The van der Waals surface area contributed by atoms with Crippen molar-refractivity contribution in [2.24, 2.45) is 5.73 Å². The van der Waals surface area contributed by atoms with E-state index < -0.39 is 5.82 Å². The van der Waals surface area contributed by atoms with Crippen LogP contribution in [0.3, 0.4) is 0 Å². The molecule has 1 aliphatic rings. The molecule has 0 radical (unpaired) electrons. The van der Waals surface area contributed by atoms with Crippen LogP contribution in [-0.4, -0.2) is 13.1 Å². The standard InChI is InChI=1S/C17H16FN3/c18-15-6-3-7-16(14(15)10-19)21-9-8-12-4-1-2-5-13(12)17(21)11-20/h1-7,17H,8-9,11,20H2. The monoisotopic (exact) mass is 281 g/mol. The van der Waals surface area contributed by atoms with Gasteiger partial charge in [0.05, 0.1) is 11.7 Å². The fourth-order valence-corrected chi connectivity index (χ4v) is 3.06. The zero-order valence-corrected chi connectivity index (χ0v) is 11.6. The van der Waals surface area contributed by atoms with Gasteiger partial charge in [-0.25, -0.2) is 4.39 Å². The molecule has 0 aromatic heterocycles. The van der Waals surface area contributed by atoms with E-state index in [-0.39, 0.29) is 11.6 Å². The van der Waals surface area contributed by atoms with Gasteiger partial charge in [0.15, 0.2) is 0 Å². The van der Waals surface area contributed by atoms with Crippen LogP contribution in [0.4, 0.5) is 10.1 Å². The van der Waals surface area contributed by atoms with Gasteiger partial charge < -0.3 is 10.6 Å². The maximum atomic E-state index is 13.9. The van der Waals surface area contributed by atoms with Crippen molar-refractivity contribution in [2.45, 2.75) is 12.5 Å². The van der Waals surface area contributed by atoms with Crippen LogP contribution in [0.1, 0.15) is 22.7 Å². The molecule has 0 amide bonds. The quantitative estimate of drug-likeness (QED) is 0.921. The number of nitrogens with zero attached hydrogens (tertiary/aromatic N) is 2. The summed E-state index contributed by atoms with van der Waals surface area (Å²) in [6.07, 6.45) is 0.869. The van der Waals surface area contributed by atoms with Gasteiger partial charge in [-0.05, 0) is 29.7 Å².